The van der Waals surface area contributed by atoms with Crippen LogP contribution in [0.2, 0.25) is 0 Å². The maximum Gasteiger partial charge on any atom is 0.134 e. The van der Waals surface area contributed by atoms with Crippen LogP contribution < -0.4 is 10.2 Å². The molecule has 0 radical (unpaired) electrons. The normalized spacial score (nSPS) is 25.5. The number of aliphatic hydroxyl groups is 1. The number of hydrogen-bond donors (Lipinski definition) is 2. The fraction of sp³-hybridized carbons (Fsp3) is 0.733. The minimum Gasteiger partial charge on any atom is -0.394 e. The predicted octanol–water partition coefficient (Wildman–Crippen LogP) is 1.42. The lowest BCUT2D eigenvalue weighted by Crippen LogP contribution is -2.32. The van der Waals surface area contributed by atoms with Crippen LogP contribution in [-0.2, 0) is 4.74 Å². The predicted molar refractivity (Wildman–Crippen MR) is 81.6 cm³/mol. The highest BCUT2D eigenvalue weighted by Crippen LogP contribution is 2.24. The molecule has 2 saturated heterocycles. The molecule has 0 saturated carbocycles. The molecule has 0 aliphatic carbocycles. The number of rotatable bonds is 6. The average Bonchev–Trinajstić information content (AvgIpc) is 3.18. The zero-order chi connectivity index (χ0) is 14.5. The first kappa shape index (κ1) is 14.5. The molecule has 0 bridgehead atoms. The smallest absolute Gasteiger partial charge is 0.134 e. The highest BCUT2D eigenvalue weighted by atomic mass is 16.5. The largest absolute Gasteiger partial charge is 0.394 e. The van der Waals surface area contributed by atoms with Gasteiger partial charge in [-0.05, 0) is 32.1 Å². The van der Waals surface area contributed by atoms with E-state index in [1.165, 1.54) is 12.8 Å². The molecular weight excluding hydrogens is 268 g/mol. The number of nitrogens with one attached hydrogen (secondary N) is 1. The maximum atomic E-state index is 9.42. The first-order valence-electron chi connectivity index (χ1n) is 7.92. The Kier molecular flexibility index (Phi) is 4.87. The minimum atomic E-state index is 0.186. The number of nitrogens with zero attached hydrogens (tertiary/aromatic N) is 3. The van der Waals surface area contributed by atoms with E-state index < -0.39 is 0 Å². The van der Waals surface area contributed by atoms with Crippen LogP contribution in [0.25, 0.3) is 0 Å². The van der Waals surface area contributed by atoms with Gasteiger partial charge in [-0.25, -0.2) is 9.97 Å². The van der Waals surface area contributed by atoms with Crippen LogP contribution in [0, 0.1) is 0 Å². The highest BCUT2D eigenvalue weighted by molar-refractivity contribution is 5.49. The zero-order valence-corrected chi connectivity index (χ0v) is 12.4. The lowest BCUT2D eigenvalue weighted by molar-refractivity contribution is 0.107. The second-order valence-electron chi connectivity index (χ2n) is 5.78. The molecule has 3 rings (SSSR count). The Labute approximate surface area is 125 Å². The first-order valence-corrected chi connectivity index (χ1v) is 7.92. The Morgan fingerprint density at radius 2 is 2.29 bits per heavy atom. The van der Waals surface area contributed by atoms with Gasteiger partial charge in [0.25, 0.3) is 0 Å². The van der Waals surface area contributed by atoms with Gasteiger partial charge in [-0.1, -0.05) is 0 Å². The van der Waals surface area contributed by atoms with E-state index in [4.69, 9.17) is 4.74 Å². The molecule has 2 aliphatic heterocycles. The van der Waals surface area contributed by atoms with Gasteiger partial charge in [-0.15, -0.1) is 0 Å². The summed E-state index contributed by atoms with van der Waals surface area (Å²) in [6, 6.07) is 2.17. The molecule has 0 spiro atoms. The van der Waals surface area contributed by atoms with Gasteiger partial charge in [0.2, 0.25) is 0 Å². The summed E-state index contributed by atoms with van der Waals surface area (Å²) in [4.78, 5) is 10.8. The molecular formula is C15H24N4O2. The summed E-state index contributed by atoms with van der Waals surface area (Å²) >= 11 is 0. The van der Waals surface area contributed by atoms with Crippen molar-refractivity contribution in [2.45, 2.75) is 44.2 Å². The molecule has 0 unspecified atom stereocenters. The van der Waals surface area contributed by atoms with Crippen LogP contribution >= 0.6 is 0 Å². The van der Waals surface area contributed by atoms with Crippen molar-refractivity contribution in [2.75, 3.05) is 36.5 Å². The van der Waals surface area contributed by atoms with Crippen molar-refractivity contribution in [3.8, 4) is 0 Å². The molecule has 1 aromatic rings. The first-order chi connectivity index (χ1) is 10.4. The summed E-state index contributed by atoms with van der Waals surface area (Å²) in [6.07, 6.45) is 7.50. The summed E-state index contributed by atoms with van der Waals surface area (Å²) in [7, 11) is 0. The molecule has 3 heterocycles. The number of aromatic nitrogens is 2. The molecule has 2 fully saturated rings. The van der Waals surface area contributed by atoms with Gasteiger partial charge in [0.05, 0.1) is 18.8 Å². The third-order valence-electron chi connectivity index (χ3n) is 4.33. The second kappa shape index (κ2) is 7.04. The number of aliphatic hydroxyl groups excluding tert-OH is 1. The Bertz CT molecular complexity index is 451. The van der Waals surface area contributed by atoms with Crippen LogP contribution in [0.1, 0.15) is 32.1 Å². The molecule has 2 aliphatic rings. The van der Waals surface area contributed by atoms with E-state index in [0.29, 0.717) is 6.10 Å². The van der Waals surface area contributed by atoms with Gasteiger partial charge in [-0.2, -0.15) is 0 Å². The number of ether oxygens (including phenoxy) is 1. The van der Waals surface area contributed by atoms with Crippen molar-refractivity contribution < 1.29 is 9.84 Å². The summed E-state index contributed by atoms with van der Waals surface area (Å²) in [5.74, 6) is 1.75. The maximum absolute atomic E-state index is 9.42. The van der Waals surface area contributed by atoms with E-state index in [1.807, 2.05) is 6.07 Å². The molecule has 0 aromatic carbocycles. The summed E-state index contributed by atoms with van der Waals surface area (Å²) in [6.45, 7) is 2.91. The quantitative estimate of drug-likeness (QED) is 0.826. The second-order valence-corrected chi connectivity index (χ2v) is 5.78. The van der Waals surface area contributed by atoms with E-state index in [0.717, 1.165) is 50.6 Å². The molecule has 6 heteroatoms. The topological polar surface area (TPSA) is 70.5 Å². The van der Waals surface area contributed by atoms with Gasteiger partial charge >= 0.3 is 0 Å². The Hall–Kier alpha value is -1.40. The monoisotopic (exact) mass is 292 g/mol. The van der Waals surface area contributed by atoms with E-state index in [-0.39, 0.29) is 12.6 Å². The van der Waals surface area contributed by atoms with Crippen LogP contribution in [-0.4, -0.2) is 53.5 Å². The average molecular weight is 292 g/mol. The standard InChI is InChI=1S/C15H24N4O2/c20-10-12-3-1-7-19(12)15-9-14(17-11-18-15)16-6-5-13-4-2-8-21-13/h9,11-13,20H,1-8,10H2,(H,16,17,18)/t12-,13+/m0/s1. The van der Waals surface area contributed by atoms with Gasteiger partial charge in [0, 0.05) is 25.8 Å². The van der Waals surface area contributed by atoms with Gasteiger partial charge < -0.3 is 20.1 Å². The molecule has 116 valence electrons. The molecule has 1 aromatic heterocycles. The Morgan fingerprint density at radius 1 is 1.33 bits per heavy atom. The van der Waals surface area contributed by atoms with Crippen molar-refractivity contribution in [2.24, 2.45) is 0 Å². The van der Waals surface area contributed by atoms with E-state index in [9.17, 15) is 5.11 Å². The summed E-state index contributed by atoms with van der Waals surface area (Å²) in [5, 5.41) is 12.8. The van der Waals surface area contributed by atoms with Crippen molar-refractivity contribution in [3.05, 3.63) is 12.4 Å². The molecule has 2 atom stereocenters. The Morgan fingerprint density at radius 3 is 3.10 bits per heavy atom. The van der Waals surface area contributed by atoms with Crippen molar-refractivity contribution in [3.63, 3.8) is 0 Å². The van der Waals surface area contributed by atoms with Crippen LogP contribution in [0.15, 0.2) is 12.4 Å². The Balaban J connectivity index is 1.55. The van der Waals surface area contributed by atoms with Crippen molar-refractivity contribution >= 4 is 11.6 Å². The van der Waals surface area contributed by atoms with Gasteiger partial charge in [0.15, 0.2) is 0 Å². The highest BCUT2D eigenvalue weighted by Gasteiger charge is 2.25. The molecule has 0 amide bonds. The molecule has 21 heavy (non-hydrogen) atoms. The zero-order valence-electron chi connectivity index (χ0n) is 12.4. The summed E-state index contributed by atoms with van der Waals surface area (Å²) < 4.78 is 5.62. The van der Waals surface area contributed by atoms with Gasteiger partial charge in [-0.3, -0.25) is 0 Å². The molecule has 2 N–H and O–H groups in total. The lowest BCUT2D eigenvalue weighted by Gasteiger charge is -2.24. The molecule has 6 nitrogen and oxygen atoms in total. The van der Waals surface area contributed by atoms with Crippen LogP contribution in [0.5, 0.6) is 0 Å². The fourth-order valence-corrected chi connectivity index (χ4v) is 3.16. The number of hydrogen-bond acceptors (Lipinski definition) is 6. The third-order valence-corrected chi connectivity index (χ3v) is 4.33. The number of anilines is 2. The minimum absolute atomic E-state index is 0.186. The summed E-state index contributed by atoms with van der Waals surface area (Å²) in [5.41, 5.74) is 0. The van der Waals surface area contributed by atoms with E-state index in [1.54, 1.807) is 6.33 Å². The van der Waals surface area contributed by atoms with Crippen LogP contribution in [0.3, 0.4) is 0 Å². The SMILES string of the molecule is OC[C@@H]1CCCN1c1cc(NCC[C@H]2CCCO2)ncn1. The van der Waals surface area contributed by atoms with E-state index >= 15 is 0 Å². The van der Waals surface area contributed by atoms with Crippen molar-refractivity contribution in [1.29, 1.82) is 0 Å². The van der Waals surface area contributed by atoms with Crippen molar-refractivity contribution in [1.82, 2.24) is 9.97 Å². The third kappa shape index (κ3) is 3.63. The van der Waals surface area contributed by atoms with E-state index in [2.05, 4.69) is 20.2 Å². The van der Waals surface area contributed by atoms with Crippen LogP contribution in [0.4, 0.5) is 11.6 Å². The van der Waals surface area contributed by atoms with Gasteiger partial charge in [0.1, 0.15) is 18.0 Å². The fourth-order valence-electron chi connectivity index (χ4n) is 3.16. The lowest BCUT2D eigenvalue weighted by atomic mass is 10.2.